The summed E-state index contributed by atoms with van der Waals surface area (Å²) in [7, 11) is -4.68. The first-order chi connectivity index (χ1) is 26.3. The molecule has 0 saturated carbocycles. The number of esters is 1. The van der Waals surface area contributed by atoms with E-state index in [9.17, 15) is 24.2 Å². The van der Waals surface area contributed by atoms with Gasteiger partial charge in [-0.15, -0.1) is 0 Å². The zero-order valence-corrected chi connectivity index (χ0v) is 35.5. The van der Waals surface area contributed by atoms with Gasteiger partial charge in [-0.25, -0.2) is 4.57 Å². The van der Waals surface area contributed by atoms with Gasteiger partial charge in [0.1, 0.15) is 0 Å². The molecule has 0 amide bonds. The van der Waals surface area contributed by atoms with Gasteiger partial charge < -0.3 is 20.5 Å². The van der Waals surface area contributed by atoms with Crippen molar-refractivity contribution in [1.82, 2.24) is 0 Å². The van der Waals surface area contributed by atoms with Crippen LogP contribution in [-0.4, -0.2) is 53.7 Å². The highest BCUT2D eigenvalue weighted by Gasteiger charge is 2.38. The molecule has 314 valence electrons. The number of ether oxygens (including phenoxy) is 1. The van der Waals surface area contributed by atoms with Crippen LogP contribution in [-0.2, 0) is 27.9 Å². The number of phosphoric ester groups is 1. The number of aliphatic hydroxyl groups is 1. The summed E-state index contributed by atoms with van der Waals surface area (Å²) in [6, 6.07) is 0. The van der Waals surface area contributed by atoms with Gasteiger partial charge in [0.25, 0.3) is 0 Å². The zero-order valence-electron chi connectivity index (χ0n) is 34.6. The number of nitrogens with two attached hydrogens (primary N) is 1. The summed E-state index contributed by atoms with van der Waals surface area (Å²) in [5.41, 5.74) is 5.39. The zero-order chi connectivity index (χ0) is 39.8. The molecular weight excluding hydrogens is 701 g/mol. The van der Waals surface area contributed by atoms with Gasteiger partial charge in [-0.1, -0.05) is 173 Å². The summed E-state index contributed by atoms with van der Waals surface area (Å²) in [4.78, 5) is 36.0. The van der Waals surface area contributed by atoms with E-state index >= 15 is 0 Å². The standard InChI is InChI=1S/C44H80NO8P/c1-3-5-7-9-11-13-15-17-18-19-20-21-22-23-25-27-29-31-33-35-37-43(48)52-42(40-46)44(53-54(49,50)51-39-38-45)41(47)36-34-32-30-28-26-24-16-14-12-10-8-6-4-2/h42,44,46H,3-18,23-40,45H2,1-2H3,(H,49,50)/t42-,44?/m0/s1. The Morgan fingerprint density at radius 2 is 1.00 bits per heavy atom. The monoisotopic (exact) mass is 782 g/mol. The molecule has 0 radical (unpaired) electrons. The Hall–Kier alpha value is -1.71. The average molecular weight is 782 g/mol. The van der Waals surface area contributed by atoms with E-state index in [0.717, 1.165) is 70.6 Å². The van der Waals surface area contributed by atoms with E-state index in [1.807, 2.05) is 0 Å². The number of unbranched alkanes of at least 4 members (excludes halogenated alkanes) is 26. The van der Waals surface area contributed by atoms with Crippen LogP contribution in [0.4, 0.5) is 0 Å². The predicted octanol–water partition coefficient (Wildman–Crippen LogP) is 11.1. The number of Topliss-reactive ketones (excluding diaryl/α,β-unsaturated/α-hetero) is 1. The average Bonchev–Trinajstić information content (AvgIpc) is 3.16. The molecule has 0 bridgehead atoms. The fourth-order valence-corrected chi connectivity index (χ4v) is 7.25. The summed E-state index contributed by atoms with van der Waals surface area (Å²) in [6.45, 7) is 3.48. The molecule has 0 fully saturated rings. The van der Waals surface area contributed by atoms with E-state index in [4.69, 9.17) is 19.5 Å². The van der Waals surface area contributed by atoms with Gasteiger partial charge in [0.2, 0.25) is 0 Å². The molecule has 0 aromatic carbocycles. The molecule has 0 heterocycles. The van der Waals surface area contributed by atoms with Crippen LogP contribution in [0.25, 0.3) is 0 Å². The van der Waals surface area contributed by atoms with Crippen molar-refractivity contribution in [3.63, 3.8) is 0 Å². The van der Waals surface area contributed by atoms with Crippen LogP contribution in [0.3, 0.4) is 0 Å². The Bertz CT molecular complexity index is 1060. The maximum atomic E-state index is 13.2. The first kappa shape index (κ1) is 52.3. The summed E-state index contributed by atoms with van der Waals surface area (Å²) < 4.78 is 28.0. The summed E-state index contributed by atoms with van der Waals surface area (Å²) in [5, 5.41) is 10.0. The van der Waals surface area contributed by atoms with Crippen molar-refractivity contribution in [2.45, 2.75) is 225 Å². The quantitative estimate of drug-likeness (QED) is 0.0240. The molecule has 0 rings (SSSR count). The normalized spacial score (nSPS) is 13.3. The molecule has 0 spiro atoms. The molecule has 9 nitrogen and oxygen atoms in total. The molecule has 2 unspecified atom stereocenters. The Morgan fingerprint density at radius 1 is 0.611 bits per heavy atom. The fourth-order valence-electron chi connectivity index (χ4n) is 6.31. The number of hydrogen-bond donors (Lipinski definition) is 3. The molecular formula is C44H80NO8P. The maximum Gasteiger partial charge on any atom is 0.473 e. The summed E-state index contributed by atoms with van der Waals surface area (Å²) in [6.07, 6.45) is 30.0. The smallest absolute Gasteiger partial charge is 0.457 e. The van der Waals surface area contributed by atoms with Crippen LogP contribution in [0.15, 0.2) is 0 Å². The van der Waals surface area contributed by atoms with E-state index in [-0.39, 0.29) is 26.0 Å². The van der Waals surface area contributed by atoms with Gasteiger partial charge in [0.15, 0.2) is 18.0 Å². The summed E-state index contributed by atoms with van der Waals surface area (Å²) >= 11 is 0. The van der Waals surface area contributed by atoms with Gasteiger partial charge in [-0.2, -0.15) is 0 Å². The molecule has 0 aromatic heterocycles. The van der Waals surface area contributed by atoms with Crippen molar-refractivity contribution >= 4 is 19.6 Å². The minimum Gasteiger partial charge on any atom is -0.457 e. The van der Waals surface area contributed by atoms with E-state index in [0.29, 0.717) is 12.8 Å². The first-order valence-corrected chi connectivity index (χ1v) is 23.4. The Kier molecular flexibility index (Phi) is 38.3. The number of carbonyl (C=O) groups is 2. The van der Waals surface area contributed by atoms with Gasteiger partial charge in [-0.3, -0.25) is 18.6 Å². The van der Waals surface area contributed by atoms with Crippen molar-refractivity contribution in [3.05, 3.63) is 0 Å². The van der Waals surface area contributed by atoms with Crippen LogP contribution >= 0.6 is 7.82 Å². The number of rotatable bonds is 39. The van der Waals surface area contributed by atoms with Crippen molar-refractivity contribution in [2.24, 2.45) is 5.73 Å². The minimum absolute atomic E-state index is 0.0212. The highest BCUT2D eigenvalue weighted by molar-refractivity contribution is 7.47. The van der Waals surface area contributed by atoms with Gasteiger partial charge in [-0.05, 0) is 37.5 Å². The maximum absolute atomic E-state index is 13.2. The number of aliphatic hydroxyl groups excluding tert-OH is 1. The molecule has 0 aromatic rings. The molecule has 0 aliphatic carbocycles. The lowest BCUT2D eigenvalue weighted by Crippen LogP contribution is -2.41. The number of carbonyl (C=O) groups excluding carboxylic acids is 2. The van der Waals surface area contributed by atoms with Crippen molar-refractivity contribution in [1.29, 1.82) is 0 Å². The van der Waals surface area contributed by atoms with Crippen LogP contribution < -0.4 is 5.73 Å². The second kappa shape index (κ2) is 39.5. The second-order valence-electron chi connectivity index (χ2n) is 14.7. The molecule has 0 aliphatic heterocycles. The SMILES string of the molecule is CCCCCCCCCCC#CC#CCCCCCCCCC(=O)O[C@@H](CO)C(OP(=O)(O)OCCN)C(=O)CCCCCCCCCCCCCCC. The lowest BCUT2D eigenvalue weighted by atomic mass is 10.0. The van der Waals surface area contributed by atoms with Gasteiger partial charge >= 0.3 is 13.8 Å². The van der Waals surface area contributed by atoms with Crippen LogP contribution in [0, 0.1) is 23.7 Å². The predicted molar refractivity (Wildman–Crippen MR) is 222 cm³/mol. The lowest BCUT2D eigenvalue weighted by Gasteiger charge is -2.26. The van der Waals surface area contributed by atoms with Crippen LogP contribution in [0.2, 0.25) is 0 Å². The molecule has 10 heteroatoms. The number of ketones is 1. The second-order valence-corrected chi connectivity index (χ2v) is 16.1. The molecule has 0 aliphatic rings. The van der Waals surface area contributed by atoms with Crippen LogP contribution in [0.5, 0.6) is 0 Å². The summed E-state index contributed by atoms with van der Waals surface area (Å²) in [5.74, 6) is 11.2. The van der Waals surface area contributed by atoms with E-state index < -0.39 is 38.4 Å². The lowest BCUT2D eigenvalue weighted by molar-refractivity contribution is -0.161. The van der Waals surface area contributed by atoms with Crippen molar-refractivity contribution in [3.8, 4) is 23.7 Å². The Morgan fingerprint density at radius 3 is 1.41 bits per heavy atom. The van der Waals surface area contributed by atoms with E-state index in [2.05, 4.69) is 37.5 Å². The number of phosphoric acid groups is 1. The molecule has 0 saturated heterocycles. The highest BCUT2D eigenvalue weighted by Crippen LogP contribution is 2.45. The largest absolute Gasteiger partial charge is 0.473 e. The third kappa shape index (κ3) is 34.8. The molecule has 4 N–H and O–H groups in total. The highest BCUT2D eigenvalue weighted by atomic mass is 31.2. The fraction of sp³-hybridized carbons (Fsp3) is 0.864. The van der Waals surface area contributed by atoms with Crippen molar-refractivity contribution in [2.75, 3.05) is 19.8 Å². The van der Waals surface area contributed by atoms with Gasteiger partial charge in [0.05, 0.1) is 13.2 Å². The number of hydrogen-bond acceptors (Lipinski definition) is 8. The van der Waals surface area contributed by atoms with E-state index in [1.165, 1.54) is 103 Å². The third-order valence-electron chi connectivity index (χ3n) is 9.59. The first-order valence-electron chi connectivity index (χ1n) is 22.0. The van der Waals surface area contributed by atoms with Crippen molar-refractivity contribution < 1.29 is 37.9 Å². The Balaban J connectivity index is 4.37. The molecule has 54 heavy (non-hydrogen) atoms. The Labute approximate surface area is 331 Å². The van der Waals surface area contributed by atoms with E-state index in [1.54, 1.807) is 0 Å². The minimum atomic E-state index is -4.68. The van der Waals surface area contributed by atoms with Crippen LogP contribution in [0.1, 0.15) is 213 Å². The third-order valence-corrected chi connectivity index (χ3v) is 10.6. The van der Waals surface area contributed by atoms with Gasteiger partial charge in [0, 0.05) is 32.2 Å². The molecule has 3 atom stereocenters. The topological polar surface area (TPSA) is 145 Å².